The number of halogens is 3. The zero-order valence-electron chi connectivity index (χ0n) is 22.5. The molecule has 2 aliphatic rings. The van der Waals surface area contributed by atoms with Crippen molar-refractivity contribution in [1.82, 2.24) is 25.2 Å². The summed E-state index contributed by atoms with van der Waals surface area (Å²) in [6.07, 6.45) is -0.894. The number of aromatic nitrogens is 3. The van der Waals surface area contributed by atoms with Gasteiger partial charge < -0.3 is 20.3 Å². The highest BCUT2D eigenvalue weighted by Crippen LogP contribution is 2.39. The van der Waals surface area contributed by atoms with Crippen molar-refractivity contribution in [2.45, 2.75) is 65.3 Å². The van der Waals surface area contributed by atoms with Crippen LogP contribution in [0.25, 0.3) is 22.6 Å². The van der Waals surface area contributed by atoms with Crippen molar-refractivity contribution in [1.29, 1.82) is 0 Å². The number of hydrogen-bond donors (Lipinski definition) is 3. The van der Waals surface area contributed by atoms with Crippen molar-refractivity contribution in [3.05, 3.63) is 59.0 Å². The zero-order chi connectivity index (χ0) is 29.4. The van der Waals surface area contributed by atoms with Gasteiger partial charge in [0.25, 0.3) is 11.8 Å². The lowest BCUT2D eigenvalue weighted by Crippen LogP contribution is -2.34. The van der Waals surface area contributed by atoms with Gasteiger partial charge in [0.1, 0.15) is 11.4 Å². The average Bonchev–Trinajstić information content (AvgIpc) is 3.59. The summed E-state index contributed by atoms with van der Waals surface area (Å²) in [5, 5.41) is 10.0. The van der Waals surface area contributed by atoms with Crippen LogP contribution in [0.3, 0.4) is 0 Å². The molecule has 40 heavy (non-hydrogen) atoms. The monoisotopic (exact) mass is 557 g/mol. The number of rotatable bonds is 6. The lowest BCUT2D eigenvalue weighted by molar-refractivity contribution is -0.192. The highest BCUT2D eigenvalue weighted by Gasteiger charge is 2.39. The SMILES string of the molecule is Cc1[nH]c(-c2cc(-c3ccc4c(c3)CN([C@@H](C)C3CC3)C4=O)ccn2)nc1C(=O)NC(C)C.O=C(O)C(F)(F)F. The van der Waals surface area contributed by atoms with E-state index in [2.05, 4.69) is 33.3 Å². The summed E-state index contributed by atoms with van der Waals surface area (Å²) in [5.41, 5.74) is 5.66. The van der Waals surface area contributed by atoms with Gasteiger partial charge in [0.05, 0.1) is 0 Å². The number of amides is 2. The molecule has 5 rings (SSSR count). The van der Waals surface area contributed by atoms with Crippen LogP contribution in [0.2, 0.25) is 0 Å². The Morgan fingerprint density at radius 1 is 1.12 bits per heavy atom. The molecule has 3 aromatic rings. The van der Waals surface area contributed by atoms with Crippen molar-refractivity contribution in [3.8, 4) is 22.6 Å². The fourth-order valence-corrected chi connectivity index (χ4v) is 4.56. The molecule has 1 aliphatic heterocycles. The van der Waals surface area contributed by atoms with Crippen LogP contribution < -0.4 is 5.32 Å². The van der Waals surface area contributed by atoms with Gasteiger partial charge in [-0.05, 0) is 87.4 Å². The maximum Gasteiger partial charge on any atom is 0.490 e. The Morgan fingerprint density at radius 2 is 1.77 bits per heavy atom. The maximum atomic E-state index is 12.9. The number of imidazole rings is 1. The van der Waals surface area contributed by atoms with Gasteiger partial charge in [-0.3, -0.25) is 14.6 Å². The molecule has 2 amide bonds. The van der Waals surface area contributed by atoms with Crippen molar-refractivity contribution in [2.24, 2.45) is 5.92 Å². The zero-order valence-corrected chi connectivity index (χ0v) is 22.5. The third kappa shape index (κ3) is 6.32. The highest BCUT2D eigenvalue weighted by atomic mass is 19.4. The van der Waals surface area contributed by atoms with Crippen LogP contribution in [0.15, 0.2) is 36.5 Å². The minimum Gasteiger partial charge on any atom is -0.475 e. The van der Waals surface area contributed by atoms with Crippen LogP contribution in [-0.4, -0.2) is 61.0 Å². The second-order valence-corrected chi connectivity index (χ2v) is 10.3. The largest absolute Gasteiger partial charge is 0.490 e. The first-order valence-electron chi connectivity index (χ1n) is 12.8. The van der Waals surface area contributed by atoms with Gasteiger partial charge in [0.15, 0.2) is 5.82 Å². The number of carbonyl (C=O) groups is 3. The van der Waals surface area contributed by atoms with Crippen molar-refractivity contribution in [3.63, 3.8) is 0 Å². The molecule has 0 saturated heterocycles. The molecule has 212 valence electrons. The van der Waals surface area contributed by atoms with E-state index in [1.807, 2.05) is 49.9 Å². The van der Waals surface area contributed by atoms with E-state index in [9.17, 15) is 22.8 Å². The first kappa shape index (κ1) is 28.8. The quantitative estimate of drug-likeness (QED) is 0.393. The number of pyridine rings is 1. The number of nitrogens with one attached hydrogen (secondary N) is 2. The molecular formula is C28H30F3N5O4. The molecule has 12 heteroatoms. The number of aliphatic carboxylic acids is 1. The van der Waals surface area contributed by atoms with Crippen LogP contribution >= 0.6 is 0 Å². The Balaban J connectivity index is 0.000000470. The number of aromatic amines is 1. The molecule has 0 spiro atoms. The number of nitrogens with zero attached hydrogens (tertiary/aromatic N) is 3. The van der Waals surface area contributed by atoms with Crippen molar-refractivity contribution >= 4 is 17.8 Å². The van der Waals surface area contributed by atoms with E-state index in [0.29, 0.717) is 41.4 Å². The van der Waals surface area contributed by atoms with Gasteiger partial charge in [0.2, 0.25) is 0 Å². The molecule has 1 aliphatic carbocycles. The van der Waals surface area contributed by atoms with E-state index in [4.69, 9.17) is 9.90 Å². The molecule has 1 fully saturated rings. The van der Waals surface area contributed by atoms with Crippen molar-refractivity contribution in [2.75, 3.05) is 0 Å². The molecule has 0 radical (unpaired) electrons. The fourth-order valence-electron chi connectivity index (χ4n) is 4.56. The van der Waals surface area contributed by atoms with Gasteiger partial charge in [-0.25, -0.2) is 9.78 Å². The Bertz CT molecular complexity index is 1450. The molecule has 1 aromatic carbocycles. The summed E-state index contributed by atoms with van der Waals surface area (Å²) in [5.74, 6) is -1.61. The van der Waals surface area contributed by atoms with Crippen LogP contribution in [0.5, 0.6) is 0 Å². The highest BCUT2D eigenvalue weighted by molar-refractivity contribution is 5.99. The predicted octanol–water partition coefficient (Wildman–Crippen LogP) is 4.97. The number of fused-ring (bicyclic) bond motifs is 1. The van der Waals surface area contributed by atoms with Crippen molar-refractivity contribution < 1.29 is 32.7 Å². The number of carboxylic acids is 1. The minimum atomic E-state index is -5.08. The van der Waals surface area contributed by atoms with Gasteiger partial charge in [-0.1, -0.05) is 6.07 Å². The number of carbonyl (C=O) groups excluding carboxylic acids is 2. The summed E-state index contributed by atoms with van der Waals surface area (Å²) in [7, 11) is 0. The Hall–Kier alpha value is -4.22. The Labute approximate surface area is 228 Å². The lowest BCUT2D eigenvalue weighted by Gasteiger charge is -2.23. The lowest BCUT2D eigenvalue weighted by atomic mass is 10.0. The predicted molar refractivity (Wildman–Crippen MR) is 140 cm³/mol. The second-order valence-electron chi connectivity index (χ2n) is 10.3. The number of H-pyrrole nitrogens is 1. The van der Waals surface area contributed by atoms with E-state index in [-0.39, 0.29) is 17.9 Å². The first-order chi connectivity index (χ1) is 18.8. The van der Waals surface area contributed by atoms with Gasteiger partial charge in [0, 0.05) is 36.1 Å². The molecule has 1 atom stereocenters. The van der Waals surface area contributed by atoms with E-state index in [1.165, 1.54) is 12.8 Å². The standard InChI is InChI=1S/C26H29N5O2.C2HF3O2/c1-14(2)28-25(32)23-15(3)29-24(30-23)22-12-19(9-10-27-22)18-7-8-21-20(11-18)13-31(26(21)33)16(4)17-5-6-17;3-2(4,5)1(6)7/h7-12,14,16-17H,5-6,13H2,1-4H3,(H,28,32)(H,29,30);(H,6,7)/t16-;/m0./s1. The number of benzene rings is 1. The van der Waals surface area contributed by atoms with E-state index in [0.717, 1.165) is 22.3 Å². The molecule has 2 aromatic heterocycles. The van der Waals surface area contributed by atoms with Crippen LogP contribution in [0.1, 0.15) is 65.7 Å². The Morgan fingerprint density at radius 3 is 2.38 bits per heavy atom. The molecule has 3 heterocycles. The summed E-state index contributed by atoms with van der Waals surface area (Å²) in [4.78, 5) is 48.4. The summed E-state index contributed by atoms with van der Waals surface area (Å²) in [6, 6.07) is 10.3. The Kier molecular flexibility index (Phi) is 7.99. The molecule has 9 nitrogen and oxygen atoms in total. The summed E-state index contributed by atoms with van der Waals surface area (Å²) in [6.45, 7) is 8.51. The van der Waals surface area contributed by atoms with Crippen LogP contribution in [0, 0.1) is 12.8 Å². The average molecular weight is 558 g/mol. The molecule has 3 N–H and O–H groups in total. The smallest absolute Gasteiger partial charge is 0.475 e. The van der Waals surface area contributed by atoms with Crippen LogP contribution in [-0.2, 0) is 11.3 Å². The van der Waals surface area contributed by atoms with E-state index >= 15 is 0 Å². The molecule has 0 bridgehead atoms. The fraction of sp³-hybridized carbons (Fsp3) is 0.393. The topological polar surface area (TPSA) is 128 Å². The van der Waals surface area contributed by atoms with Crippen LogP contribution in [0.4, 0.5) is 13.2 Å². The first-order valence-corrected chi connectivity index (χ1v) is 12.8. The van der Waals surface area contributed by atoms with Gasteiger partial charge >= 0.3 is 12.1 Å². The summed E-state index contributed by atoms with van der Waals surface area (Å²) >= 11 is 0. The van der Waals surface area contributed by atoms with E-state index in [1.54, 1.807) is 6.20 Å². The number of carboxylic acid groups (broad SMARTS) is 1. The molecule has 0 unspecified atom stereocenters. The number of alkyl halides is 3. The molecular weight excluding hydrogens is 527 g/mol. The van der Waals surface area contributed by atoms with E-state index < -0.39 is 12.1 Å². The number of hydrogen-bond acceptors (Lipinski definition) is 5. The second kappa shape index (κ2) is 11.1. The number of aryl methyl sites for hydroxylation is 1. The normalized spacial score (nSPS) is 15.4. The van der Waals surface area contributed by atoms with Gasteiger partial charge in [-0.15, -0.1) is 0 Å². The third-order valence-corrected chi connectivity index (χ3v) is 6.83. The maximum absolute atomic E-state index is 12.9. The minimum absolute atomic E-state index is 0.0355. The third-order valence-electron chi connectivity index (χ3n) is 6.83. The molecule has 1 saturated carbocycles. The van der Waals surface area contributed by atoms with Gasteiger partial charge in [-0.2, -0.15) is 13.2 Å². The summed E-state index contributed by atoms with van der Waals surface area (Å²) < 4.78 is 31.7.